The molecule has 9 heteroatoms. The van der Waals surface area contributed by atoms with Gasteiger partial charge < -0.3 is 15.3 Å². The lowest BCUT2D eigenvalue weighted by atomic mass is 10.0. The summed E-state index contributed by atoms with van der Waals surface area (Å²) in [5.74, 6) is -0.208. The van der Waals surface area contributed by atoms with Gasteiger partial charge >= 0.3 is 0 Å². The van der Waals surface area contributed by atoms with Gasteiger partial charge in [-0.1, -0.05) is 0 Å². The average molecular weight is 427 g/mol. The van der Waals surface area contributed by atoms with E-state index in [0.717, 1.165) is 18.6 Å². The molecule has 0 spiro atoms. The summed E-state index contributed by atoms with van der Waals surface area (Å²) in [7, 11) is 0. The summed E-state index contributed by atoms with van der Waals surface area (Å²) in [6.07, 6.45) is 4.64. The second-order valence-corrected chi connectivity index (χ2v) is 8.29. The van der Waals surface area contributed by atoms with E-state index >= 15 is 0 Å². The minimum atomic E-state index is -0.461. The third-order valence-electron chi connectivity index (χ3n) is 6.20. The van der Waals surface area contributed by atoms with Gasteiger partial charge in [-0.15, -0.1) is 5.10 Å². The molecule has 1 aliphatic carbocycles. The Morgan fingerprint density at radius 1 is 1.16 bits per heavy atom. The smallest absolute Gasteiger partial charge is 0.228 e. The molecule has 162 valence electrons. The monoisotopic (exact) mass is 427 g/mol. The number of aliphatic hydroxyl groups excluding tert-OH is 1. The van der Waals surface area contributed by atoms with Gasteiger partial charge in [0, 0.05) is 30.3 Å². The van der Waals surface area contributed by atoms with Crippen molar-refractivity contribution >= 4 is 23.2 Å². The standard InChI is InChI=1S/C22H23F2N5O2/c23-14-4-6-17(24)16(11-14)18-2-1-8-28(18)20-7-9-29-21(26-20)12-19(27-29)25-22(31)13-3-5-15(30)10-13/h4,6-7,9,11-13,15,18,30H,1-3,5,8,10H2,(H,25,27,31)/t13-,15+,18+/m0/s1. The molecule has 3 heterocycles. The predicted molar refractivity (Wildman–Crippen MR) is 111 cm³/mol. The number of aromatic nitrogens is 3. The molecule has 7 nitrogen and oxygen atoms in total. The van der Waals surface area contributed by atoms with Crippen LogP contribution in [0.25, 0.3) is 5.65 Å². The van der Waals surface area contributed by atoms with E-state index in [1.54, 1.807) is 22.8 Å². The number of carbonyl (C=O) groups excluding carboxylic acids is 1. The number of benzene rings is 1. The van der Waals surface area contributed by atoms with Crippen LogP contribution in [0, 0.1) is 17.6 Å². The molecule has 2 N–H and O–H groups in total. The number of halogens is 2. The zero-order valence-corrected chi connectivity index (χ0v) is 16.8. The van der Waals surface area contributed by atoms with Crippen LogP contribution >= 0.6 is 0 Å². The fourth-order valence-electron chi connectivity index (χ4n) is 4.65. The van der Waals surface area contributed by atoms with E-state index in [0.29, 0.717) is 55.1 Å². The lowest BCUT2D eigenvalue weighted by Crippen LogP contribution is -2.24. The molecule has 2 aromatic heterocycles. The number of hydrogen-bond acceptors (Lipinski definition) is 5. The van der Waals surface area contributed by atoms with Crippen LogP contribution in [0.1, 0.15) is 43.7 Å². The number of amides is 1. The van der Waals surface area contributed by atoms with Crippen molar-refractivity contribution in [2.75, 3.05) is 16.8 Å². The van der Waals surface area contributed by atoms with Crippen molar-refractivity contribution in [2.45, 2.75) is 44.2 Å². The van der Waals surface area contributed by atoms with Gasteiger partial charge in [0.15, 0.2) is 11.5 Å². The summed E-state index contributed by atoms with van der Waals surface area (Å²) in [4.78, 5) is 19.0. The molecule has 1 saturated heterocycles. The van der Waals surface area contributed by atoms with Gasteiger partial charge in [0.2, 0.25) is 5.91 Å². The van der Waals surface area contributed by atoms with Crippen LogP contribution < -0.4 is 10.2 Å². The third-order valence-corrected chi connectivity index (χ3v) is 6.20. The second kappa shape index (κ2) is 7.88. The highest BCUT2D eigenvalue weighted by atomic mass is 19.1. The minimum Gasteiger partial charge on any atom is -0.393 e. The van der Waals surface area contributed by atoms with Gasteiger partial charge in [0.25, 0.3) is 0 Å². The van der Waals surface area contributed by atoms with Crippen LogP contribution in [0.15, 0.2) is 36.5 Å². The molecule has 1 amide bonds. The lowest BCUT2D eigenvalue weighted by Gasteiger charge is -2.26. The van der Waals surface area contributed by atoms with Gasteiger partial charge in [-0.3, -0.25) is 4.79 Å². The molecule has 1 aromatic carbocycles. The van der Waals surface area contributed by atoms with E-state index in [2.05, 4.69) is 15.4 Å². The van der Waals surface area contributed by atoms with Crippen LogP contribution in [0.2, 0.25) is 0 Å². The van der Waals surface area contributed by atoms with Crippen molar-refractivity contribution in [2.24, 2.45) is 5.92 Å². The fraction of sp³-hybridized carbons (Fsp3) is 0.409. The van der Waals surface area contributed by atoms with E-state index in [4.69, 9.17) is 0 Å². The number of rotatable bonds is 4. The maximum absolute atomic E-state index is 14.4. The Morgan fingerprint density at radius 3 is 2.84 bits per heavy atom. The SMILES string of the molecule is O=C(Nc1cc2nc(N3CCC[C@@H]3c3cc(F)ccc3F)ccn2n1)[C@H]1CC[C@@H](O)C1. The van der Waals surface area contributed by atoms with Gasteiger partial charge in [-0.2, -0.15) is 0 Å². The summed E-state index contributed by atoms with van der Waals surface area (Å²) >= 11 is 0. The van der Waals surface area contributed by atoms with E-state index in [-0.39, 0.29) is 17.9 Å². The predicted octanol–water partition coefficient (Wildman–Crippen LogP) is 3.45. The summed E-state index contributed by atoms with van der Waals surface area (Å²) in [5.41, 5.74) is 0.879. The normalized spacial score (nSPS) is 23.6. The van der Waals surface area contributed by atoms with Crippen LogP contribution in [0.4, 0.5) is 20.4 Å². The Labute approximate surface area is 177 Å². The first-order chi connectivity index (χ1) is 15.0. The molecule has 1 aliphatic heterocycles. The molecule has 1 saturated carbocycles. The molecule has 0 radical (unpaired) electrons. The largest absolute Gasteiger partial charge is 0.393 e. The minimum absolute atomic E-state index is 0.152. The molecule has 5 rings (SSSR count). The van der Waals surface area contributed by atoms with Crippen LogP contribution in [0.3, 0.4) is 0 Å². The maximum Gasteiger partial charge on any atom is 0.228 e. The summed E-state index contributed by atoms with van der Waals surface area (Å²) in [6.45, 7) is 0.686. The number of carbonyl (C=O) groups is 1. The first kappa shape index (κ1) is 19.9. The van der Waals surface area contributed by atoms with E-state index < -0.39 is 17.7 Å². The molecule has 3 aromatic rings. The first-order valence-electron chi connectivity index (χ1n) is 10.5. The van der Waals surface area contributed by atoms with E-state index in [1.807, 2.05) is 4.90 Å². The molecule has 31 heavy (non-hydrogen) atoms. The first-order valence-corrected chi connectivity index (χ1v) is 10.5. The molecule has 2 fully saturated rings. The molecular weight excluding hydrogens is 404 g/mol. The Kier molecular flexibility index (Phi) is 5.05. The van der Waals surface area contributed by atoms with Gasteiger partial charge in [0.05, 0.1) is 12.1 Å². The number of aliphatic hydroxyl groups is 1. The second-order valence-electron chi connectivity index (χ2n) is 8.29. The fourth-order valence-corrected chi connectivity index (χ4v) is 4.65. The highest BCUT2D eigenvalue weighted by Crippen LogP contribution is 2.37. The zero-order chi connectivity index (χ0) is 21.5. The highest BCUT2D eigenvalue weighted by Gasteiger charge is 2.31. The number of nitrogens with zero attached hydrogens (tertiary/aromatic N) is 4. The van der Waals surface area contributed by atoms with Crippen molar-refractivity contribution in [3.8, 4) is 0 Å². The Bertz CT molecular complexity index is 1130. The van der Waals surface area contributed by atoms with Crippen molar-refractivity contribution in [3.63, 3.8) is 0 Å². The van der Waals surface area contributed by atoms with Crippen LogP contribution in [-0.2, 0) is 4.79 Å². The number of nitrogens with one attached hydrogen (secondary N) is 1. The average Bonchev–Trinajstić information content (AvgIpc) is 3.48. The lowest BCUT2D eigenvalue weighted by molar-refractivity contribution is -0.119. The Morgan fingerprint density at radius 2 is 2.03 bits per heavy atom. The van der Waals surface area contributed by atoms with Gasteiger partial charge in [-0.05, 0) is 56.4 Å². The quantitative estimate of drug-likeness (QED) is 0.667. The van der Waals surface area contributed by atoms with E-state index in [9.17, 15) is 18.7 Å². The van der Waals surface area contributed by atoms with Crippen LogP contribution in [0.5, 0.6) is 0 Å². The molecule has 3 atom stereocenters. The molecular formula is C22H23F2N5O2. The van der Waals surface area contributed by atoms with Gasteiger partial charge in [-0.25, -0.2) is 18.3 Å². The Balaban J connectivity index is 1.38. The van der Waals surface area contributed by atoms with Crippen molar-refractivity contribution < 1.29 is 18.7 Å². The number of fused-ring (bicyclic) bond motifs is 1. The summed E-state index contributed by atoms with van der Waals surface area (Å²) < 4.78 is 29.6. The zero-order valence-electron chi connectivity index (χ0n) is 16.8. The third kappa shape index (κ3) is 3.85. The summed E-state index contributed by atoms with van der Waals surface area (Å²) in [6, 6.07) is 6.71. The van der Waals surface area contributed by atoms with Crippen LogP contribution in [-0.4, -0.2) is 38.3 Å². The van der Waals surface area contributed by atoms with Crippen molar-refractivity contribution in [3.05, 3.63) is 53.7 Å². The Hall–Kier alpha value is -3.07. The molecule has 0 bridgehead atoms. The van der Waals surface area contributed by atoms with E-state index in [1.165, 1.54) is 6.07 Å². The van der Waals surface area contributed by atoms with Gasteiger partial charge in [0.1, 0.15) is 17.5 Å². The number of hydrogen-bond donors (Lipinski definition) is 2. The van der Waals surface area contributed by atoms with Crippen molar-refractivity contribution in [1.29, 1.82) is 0 Å². The van der Waals surface area contributed by atoms with Crippen molar-refractivity contribution in [1.82, 2.24) is 14.6 Å². The topological polar surface area (TPSA) is 82.8 Å². The molecule has 2 aliphatic rings. The maximum atomic E-state index is 14.4. The highest BCUT2D eigenvalue weighted by molar-refractivity contribution is 5.92. The number of anilines is 2. The summed E-state index contributed by atoms with van der Waals surface area (Å²) in [5, 5.41) is 16.8. The molecule has 0 unspecified atom stereocenters.